The Balaban J connectivity index is 1.47. The second-order valence-electron chi connectivity index (χ2n) is 8.56. The fraction of sp³-hybridized carbons (Fsp3) is 0.417. The van der Waals surface area contributed by atoms with Gasteiger partial charge in [0, 0.05) is 69.3 Å². The van der Waals surface area contributed by atoms with E-state index in [2.05, 4.69) is 21.8 Å². The zero-order valence-corrected chi connectivity index (χ0v) is 19.2. The Morgan fingerprint density at radius 3 is 2.66 bits per heavy atom. The highest BCUT2D eigenvalue weighted by Gasteiger charge is 2.29. The molecule has 166 valence electrons. The fourth-order valence-corrected chi connectivity index (χ4v) is 5.24. The Morgan fingerprint density at radius 2 is 1.91 bits per heavy atom. The van der Waals surface area contributed by atoms with Gasteiger partial charge in [-0.2, -0.15) is 0 Å². The van der Waals surface area contributed by atoms with Crippen LogP contribution < -0.4 is 4.90 Å². The van der Waals surface area contributed by atoms with Crippen molar-refractivity contribution in [2.45, 2.75) is 18.8 Å². The van der Waals surface area contributed by atoms with Gasteiger partial charge in [0.15, 0.2) is 0 Å². The van der Waals surface area contributed by atoms with Crippen molar-refractivity contribution in [3.63, 3.8) is 0 Å². The highest BCUT2D eigenvalue weighted by molar-refractivity contribution is 7.12. The van der Waals surface area contributed by atoms with Crippen molar-refractivity contribution < 1.29 is 4.79 Å². The molecule has 3 aromatic heterocycles. The maximum absolute atomic E-state index is 13.0. The van der Waals surface area contributed by atoms with Crippen molar-refractivity contribution in [3.8, 4) is 11.1 Å². The maximum Gasteiger partial charge on any atom is 0.263 e. The van der Waals surface area contributed by atoms with Crippen LogP contribution in [0.15, 0.2) is 48.2 Å². The molecule has 5 rings (SSSR count). The Hall–Kier alpha value is -2.84. The molecule has 1 amide bonds. The summed E-state index contributed by atoms with van der Waals surface area (Å²) in [6.07, 6.45) is 7.57. The summed E-state index contributed by atoms with van der Waals surface area (Å²) in [5, 5.41) is 1.96. The van der Waals surface area contributed by atoms with Crippen LogP contribution in [-0.2, 0) is 0 Å². The van der Waals surface area contributed by atoms with Gasteiger partial charge in [-0.3, -0.25) is 9.78 Å². The van der Waals surface area contributed by atoms with Gasteiger partial charge in [-0.05, 0) is 49.0 Å². The Bertz CT molecular complexity index is 1050. The number of aromatic nitrogens is 3. The number of piperidine rings is 1. The van der Waals surface area contributed by atoms with Gasteiger partial charge in [0.2, 0.25) is 5.95 Å². The number of carbonyl (C=O) groups is 1. The molecule has 7 nitrogen and oxygen atoms in total. The van der Waals surface area contributed by atoms with Gasteiger partial charge in [-0.25, -0.2) is 9.97 Å². The molecule has 5 heterocycles. The number of pyridine rings is 1. The van der Waals surface area contributed by atoms with E-state index in [1.807, 2.05) is 40.7 Å². The molecule has 2 saturated heterocycles. The molecule has 1 unspecified atom stereocenters. The van der Waals surface area contributed by atoms with Crippen molar-refractivity contribution in [1.29, 1.82) is 0 Å². The SMILES string of the molecule is CN1CCN(c2ncc(-c3ccncc3)c(C3CCCN(C(=O)c4cccs4)C3)n2)CC1. The molecule has 0 N–H and O–H groups in total. The van der Waals surface area contributed by atoms with Crippen molar-refractivity contribution >= 4 is 23.2 Å². The van der Waals surface area contributed by atoms with E-state index in [0.29, 0.717) is 6.54 Å². The topological polar surface area (TPSA) is 65.5 Å². The zero-order chi connectivity index (χ0) is 21.9. The smallest absolute Gasteiger partial charge is 0.263 e. The van der Waals surface area contributed by atoms with Crippen LogP contribution in [0.1, 0.15) is 34.1 Å². The average molecular weight is 449 g/mol. The van der Waals surface area contributed by atoms with Crippen molar-refractivity contribution in [2.75, 3.05) is 51.2 Å². The lowest BCUT2D eigenvalue weighted by Crippen LogP contribution is -2.45. The van der Waals surface area contributed by atoms with E-state index in [1.54, 1.807) is 12.4 Å². The standard InChI is InChI=1S/C24H28N6OS/c1-28-11-13-29(14-12-28)24-26-16-20(18-6-8-25-9-7-18)22(27-24)19-4-2-10-30(17-19)23(31)21-5-3-15-32-21/h3,5-9,15-16,19H,2,4,10-14,17H2,1H3. The number of rotatable bonds is 4. The molecule has 0 spiro atoms. The highest BCUT2D eigenvalue weighted by atomic mass is 32.1. The van der Waals surface area contributed by atoms with Gasteiger partial charge in [0.1, 0.15) is 0 Å². The molecule has 1 atom stereocenters. The monoisotopic (exact) mass is 448 g/mol. The first-order chi connectivity index (χ1) is 15.7. The summed E-state index contributed by atoms with van der Waals surface area (Å²) < 4.78 is 0. The number of likely N-dealkylation sites (N-methyl/N-ethyl adjacent to an activating group) is 1. The van der Waals surface area contributed by atoms with Crippen LogP contribution in [0, 0.1) is 0 Å². The van der Waals surface area contributed by atoms with Gasteiger partial charge in [0.25, 0.3) is 5.91 Å². The molecule has 2 aliphatic heterocycles. The highest BCUT2D eigenvalue weighted by Crippen LogP contribution is 2.34. The van der Waals surface area contributed by atoms with Crippen molar-refractivity contribution in [1.82, 2.24) is 24.8 Å². The molecular weight excluding hydrogens is 420 g/mol. The van der Waals surface area contributed by atoms with E-state index in [-0.39, 0.29) is 11.8 Å². The first-order valence-electron chi connectivity index (χ1n) is 11.2. The molecule has 32 heavy (non-hydrogen) atoms. The number of amides is 1. The van der Waals surface area contributed by atoms with E-state index in [0.717, 1.165) is 73.2 Å². The molecule has 2 aliphatic rings. The van der Waals surface area contributed by atoms with E-state index < -0.39 is 0 Å². The van der Waals surface area contributed by atoms with Gasteiger partial charge in [0.05, 0.1) is 10.6 Å². The minimum Gasteiger partial charge on any atom is -0.338 e. The minimum atomic E-state index is 0.128. The van der Waals surface area contributed by atoms with E-state index in [4.69, 9.17) is 9.97 Å². The van der Waals surface area contributed by atoms with Crippen LogP contribution >= 0.6 is 11.3 Å². The number of piperazine rings is 1. The normalized spacial score (nSPS) is 19.8. The van der Waals surface area contributed by atoms with Gasteiger partial charge in [-0.1, -0.05) is 6.07 Å². The van der Waals surface area contributed by atoms with Crippen LogP contribution in [0.4, 0.5) is 5.95 Å². The second kappa shape index (κ2) is 9.34. The molecule has 0 saturated carbocycles. The third kappa shape index (κ3) is 4.38. The lowest BCUT2D eigenvalue weighted by molar-refractivity contribution is 0.0711. The Labute approximate surface area is 192 Å². The zero-order valence-electron chi connectivity index (χ0n) is 18.4. The third-order valence-electron chi connectivity index (χ3n) is 6.41. The molecular formula is C24H28N6OS. The number of thiophene rings is 1. The van der Waals surface area contributed by atoms with Gasteiger partial charge < -0.3 is 14.7 Å². The lowest BCUT2D eigenvalue weighted by Gasteiger charge is -2.35. The summed E-state index contributed by atoms with van der Waals surface area (Å²) in [7, 11) is 2.15. The summed E-state index contributed by atoms with van der Waals surface area (Å²) in [6.45, 7) is 5.37. The second-order valence-corrected chi connectivity index (χ2v) is 9.51. The molecule has 0 aromatic carbocycles. The van der Waals surface area contributed by atoms with Crippen LogP contribution in [0.5, 0.6) is 0 Å². The van der Waals surface area contributed by atoms with Crippen molar-refractivity contribution in [3.05, 3.63) is 58.8 Å². The van der Waals surface area contributed by atoms with Gasteiger partial charge >= 0.3 is 0 Å². The van der Waals surface area contributed by atoms with E-state index in [1.165, 1.54) is 11.3 Å². The first-order valence-corrected chi connectivity index (χ1v) is 12.1. The number of carbonyl (C=O) groups excluding carboxylic acids is 1. The molecule has 0 radical (unpaired) electrons. The number of anilines is 1. The molecule has 2 fully saturated rings. The van der Waals surface area contributed by atoms with Crippen LogP contribution in [0.3, 0.4) is 0 Å². The Morgan fingerprint density at radius 1 is 1.09 bits per heavy atom. The predicted octanol–water partition coefficient (Wildman–Crippen LogP) is 3.37. The van der Waals surface area contributed by atoms with E-state index >= 15 is 0 Å². The molecule has 0 bridgehead atoms. The lowest BCUT2D eigenvalue weighted by atomic mass is 9.90. The fourth-order valence-electron chi connectivity index (χ4n) is 4.55. The third-order valence-corrected chi connectivity index (χ3v) is 7.27. The summed E-state index contributed by atoms with van der Waals surface area (Å²) in [5.41, 5.74) is 3.16. The molecule has 3 aromatic rings. The van der Waals surface area contributed by atoms with Crippen LogP contribution in [0.25, 0.3) is 11.1 Å². The predicted molar refractivity (Wildman–Crippen MR) is 127 cm³/mol. The largest absolute Gasteiger partial charge is 0.338 e. The first kappa shape index (κ1) is 21.0. The number of likely N-dealkylation sites (tertiary alicyclic amines) is 1. The van der Waals surface area contributed by atoms with Crippen molar-refractivity contribution in [2.24, 2.45) is 0 Å². The summed E-state index contributed by atoms with van der Waals surface area (Å²) in [6, 6.07) is 7.87. The quantitative estimate of drug-likeness (QED) is 0.610. The summed E-state index contributed by atoms with van der Waals surface area (Å²) in [4.78, 5) is 34.5. The summed E-state index contributed by atoms with van der Waals surface area (Å²) >= 11 is 1.51. The molecule has 8 heteroatoms. The minimum absolute atomic E-state index is 0.128. The van der Waals surface area contributed by atoms with Crippen LogP contribution in [0.2, 0.25) is 0 Å². The summed E-state index contributed by atoms with van der Waals surface area (Å²) in [5.74, 6) is 1.11. The average Bonchev–Trinajstić information content (AvgIpc) is 3.39. The number of hydrogen-bond acceptors (Lipinski definition) is 7. The number of nitrogens with zero attached hydrogens (tertiary/aromatic N) is 6. The van der Waals surface area contributed by atoms with Crippen LogP contribution in [-0.4, -0.2) is 77.0 Å². The number of hydrogen-bond donors (Lipinski definition) is 0. The Kier molecular flexibility index (Phi) is 6.14. The maximum atomic E-state index is 13.0. The van der Waals surface area contributed by atoms with Gasteiger partial charge in [-0.15, -0.1) is 11.3 Å². The molecule has 0 aliphatic carbocycles. The van der Waals surface area contributed by atoms with E-state index in [9.17, 15) is 4.79 Å².